The van der Waals surface area contributed by atoms with E-state index in [1.54, 1.807) is 24.3 Å². The molecule has 0 unspecified atom stereocenters. The molecule has 0 saturated carbocycles. The Hall–Kier alpha value is -1.06. The van der Waals surface area contributed by atoms with Crippen molar-refractivity contribution in [2.75, 3.05) is 6.61 Å². The molecule has 1 aromatic carbocycles. The molecule has 0 heterocycles. The molecule has 1 rings (SSSR count). The fraction of sp³-hybridized carbons (Fsp3) is 0.333. The number of benzene rings is 1. The van der Waals surface area contributed by atoms with E-state index in [1.165, 1.54) is 0 Å². The van der Waals surface area contributed by atoms with E-state index in [1.807, 2.05) is 0 Å². The molecule has 0 aromatic heterocycles. The monoisotopic (exact) mass is 168 g/mol. The second-order valence-electron chi connectivity index (χ2n) is 2.71. The molecule has 3 heteroatoms. The molecule has 1 aromatic rings. The van der Waals surface area contributed by atoms with Crippen LogP contribution in [0.25, 0.3) is 0 Å². The van der Waals surface area contributed by atoms with E-state index in [9.17, 15) is 0 Å². The maximum atomic E-state index is 9.07. The van der Waals surface area contributed by atoms with Crippen LogP contribution >= 0.6 is 0 Å². The number of phenols is 1. The number of aromatic hydroxyl groups is 1. The predicted molar refractivity (Wildman–Crippen MR) is 44.9 cm³/mol. The van der Waals surface area contributed by atoms with Crippen molar-refractivity contribution in [1.82, 2.24) is 0 Å². The summed E-state index contributed by atoms with van der Waals surface area (Å²) in [5.74, 6) is 0.206. The highest BCUT2D eigenvalue weighted by molar-refractivity contribution is 5.26. The van der Waals surface area contributed by atoms with E-state index in [4.69, 9.17) is 15.3 Å². The van der Waals surface area contributed by atoms with Crippen LogP contribution in [0, 0.1) is 0 Å². The van der Waals surface area contributed by atoms with Crippen LogP contribution < -0.4 is 0 Å². The Balaban J connectivity index is 2.58. The molecule has 0 saturated heterocycles. The van der Waals surface area contributed by atoms with E-state index >= 15 is 0 Å². The van der Waals surface area contributed by atoms with Crippen LogP contribution in [-0.2, 0) is 6.42 Å². The summed E-state index contributed by atoms with van der Waals surface area (Å²) in [4.78, 5) is 0. The largest absolute Gasteiger partial charge is 0.508 e. The molecule has 0 amide bonds. The first-order valence-corrected chi connectivity index (χ1v) is 3.79. The van der Waals surface area contributed by atoms with Gasteiger partial charge in [-0.3, -0.25) is 0 Å². The molecule has 12 heavy (non-hydrogen) atoms. The molecule has 66 valence electrons. The highest BCUT2D eigenvalue weighted by atomic mass is 16.3. The molecule has 0 bridgehead atoms. The third-order valence-corrected chi connectivity index (χ3v) is 1.62. The Morgan fingerprint density at radius 1 is 1.17 bits per heavy atom. The summed E-state index contributed by atoms with van der Waals surface area (Å²) in [6.45, 7) is -0.235. The summed E-state index contributed by atoms with van der Waals surface area (Å²) in [6, 6.07) is 6.54. The normalized spacial score (nSPS) is 12.8. The molecular weight excluding hydrogens is 156 g/mol. The molecule has 0 fully saturated rings. The molecule has 0 aliphatic rings. The van der Waals surface area contributed by atoms with Crippen LogP contribution in [-0.4, -0.2) is 28.0 Å². The van der Waals surface area contributed by atoms with Gasteiger partial charge >= 0.3 is 0 Å². The van der Waals surface area contributed by atoms with Gasteiger partial charge in [-0.05, 0) is 17.7 Å². The van der Waals surface area contributed by atoms with Crippen LogP contribution in [0.3, 0.4) is 0 Å². The van der Waals surface area contributed by atoms with Gasteiger partial charge in [0.2, 0.25) is 0 Å². The number of hydrogen-bond donors (Lipinski definition) is 3. The van der Waals surface area contributed by atoms with E-state index in [0.717, 1.165) is 5.56 Å². The first kappa shape index (κ1) is 9.03. The zero-order valence-corrected chi connectivity index (χ0v) is 6.64. The van der Waals surface area contributed by atoms with E-state index in [2.05, 4.69) is 0 Å². The van der Waals surface area contributed by atoms with Gasteiger partial charge in [0.25, 0.3) is 0 Å². The minimum atomic E-state index is -0.713. The minimum absolute atomic E-state index is 0.206. The second-order valence-corrected chi connectivity index (χ2v) is 2.71. The SMILES string of the molecule is OC[C@H](O)Cc1ccc(O)cc1. The number of phenolic OH excluding ortho intramolecular Hbond substituents is 1. The van der Waals surface area contributed by atoms with Gasteiger partial charge in [-0.15, -0.1) is 0 Å². The van der Waals surface area contributed by atoms with Gasteiger partial charge in [0.15, 0.2) is 0 Å². The first-order chi connectivity index (χ1) is 5.72. The lowest BCUT2D eigenvalue weighted by Crippen LogP contribution is -2.14. The number of hydrogen-bond acceptors (Lipinski definition) is 3. The average Bonchev–Trinajstić information content (AvgIpc) is 2.09. The molecule has 0 spiro atoms. The van der Waals surface area contributed by atoms with Crippen molar-refractivity contribution in [1.29, 1.82) is 0 Å². The van der Waals surface area contributed by atoms with Crippen molar-refractivity contribution < 1.29 is 15.3 Å². The Morgan fingerprint density at radius 2 is 1.75 bits per heavy atom. The van der Waals surface area contributed by atoms with Crippen molar-refractivity contribution in [3.8, 4) is 5.75 Å². The maximum absolute atomic E-state index is 9.07. The highest BCUT2D eigenvalue weighted by Gasteiger charge is 2.02. The van der Waals surface area contributed by atoms with Gasteiger partial charge in [-0.1, -0.05) is 12.1 Å². The molecule has 3 nitrogen and oxygen atoms in total. The Bertz CT molecular complexity index is 230. The number of rotatable bonds is 3. The van der Waals surface area contributed by atoms with Crippen molar-refractivity contribution >= 4 is 0 Å². The average molecular weight is 168 g/mol. The quantitative estimate of drug-likeness (QED) is 0.607. The number of aliphatic hydroxyl groups is 2. The summed E-state index contributed by atoms with van der Waals surface area (Å²) >= 11 is 0. The molecule has 0 radical (unpaired) electrons. The first-order valence-electron chi connectivity index (χ1n) is 3.79. The third kappa shape index (κ3) is 2.53. The van der Waals surface area contributed by atoms with E-state index < -0.39 is 6.10 Å². The van der Waals surface area contributed by atoms with Crippen molar-refractivity contribution in [2.24, 2.45) is 0 Å². The topological polar surface area (TPSA) is 60.7 Å². The summed E-state index contributed by atoms with van der Waals surface area (Å²) in [6.07, 6.45) is -0.300. The fourth-order valence-corrected chi connectivity index (χ4v) is 0.969. The van der Waals surface area contributed by atoms with Crippen LogP contribution in [0.2, 0.25) is 0 Å². The van der Waals surface area contributed by atoms with E-state index in [0.29, 0.717) is 6.42 Å². The van der Waals surface area contributed by atoms with Gasteiger partial charge < -0.3 is 15.3 Å². The van der Waals surface area contributed by atoms with Gasteiger partial charge in [-0.25, -0.2) is 0 Å². The molecule has 3 N–H and O–H groups in total. The van der Waals surface area contributed by atoms with Gasteiger partial charge in [0.05, 0.1) is 12.7 Å². The Labute approximate surface area is 70.9 Å². The van der Waals surface area contributed by atoms with Gasteiger partial charge in [-0.2, -0.15) is 0 Å². The Morgan fingerprint density at radius 3 is 2.25 bits per heavy atom. The lowest BCUT2D eigenvalue weighted by atomic mass is 10.1. The van der Waals surface area contributed by atoms with E-state index in [-0.39, 0.29) is 12.4 Å². The lowest BCUT2D eigenvalue weighted by molar-refractivity contribution is 0.0955. The lowest BCUT2D eigenvalue weighted by Gasteiger charge is -2.06. The zero-order valence-electron chi connectivity index (χ0n) is 6.64. The highest BCUT2D eigenvalue weighted by Crippen LogP contribution is 2.10. The predicted octanol–water partition coefficient (Wildman–Crippen LogP) is 0.288. The third-order valence-electron chi connectivity index (χ3n) is 1.62. The number of aliphatic hydroxyl groups excluding tert-OH is 2. The molecular formula is C9H12O3. The smallest absolute Gasteiger partial charge is 0.115 e. The standard InChI is InChI=1S/C9H12O3/c10-6-9(12)5-7-1-3-8(11)4-2-7/h1-4,9-12H,5-6H2/t9-/m1/s1. The second kappa shape index (κ2) is 4.09. The summed E-state index contributed by atoms with van der Waals surface area (Å²) in [5.41, 5.74) is 0.898. The zero-order chi connectivity index (χ0) is 8.97. The minimum Gasteiger partial charge on any atom is -0.508 e. The molecule has 0 aliphatic carbocycles. The summed E-state index contributed by atoms with van der Waals surface area (Å²) in [5, 5.41) is 26.6. The van der Waals surface area contributed by atoms with Crippen LogP contribution in [0.4, 0.5) is 0 Å². The van der Waals surface area contributed by atoms with Gasteiger partial charge in [0, 0.05) is 6.42 Å². The molecule has 1 atom stereocenters. The summed E-state index contributed by atoms with van der Waals surface area (Å²) in [7, 11) is 0. The van der Waals surface area contributed by atoms with Crippen LogP contribution in [0.15, 0.2) is 24.3 Å². The summed E-state index contributed by atoms with van der Waals surface area (Å²) < 4.78 is 0. The fourth-order valence-electron chi connectivity index (χ4n) is 0.969. The van der Waals surface area contributed by atoms with Gasteiger partial charge in [0.1, 0.15) is 5.75 Å². The van der Waals surface area contributed by atoms with Crippen molar-refractivity contribution in [2.45, 2.75) is 12.5 Å². The Kier molecular flexibility index (Phi) is 3.08. The van der Waals surface area contributed by atoms with Crippen molar-refractivity contribution in [3.05, 3.63) is 29.8 Å². The van der Waals surface area contributed by atoms with Crippen molar-refractivity contribution in [3.63, 3.8) is 0 Å². The maximum Gasteiger partial charge on any atom is 0.115 e. The van der Waals surface area contributed by atoms with Crippen LogP contribution in [0.1, 0.15) is 5.56 Å². The van der Waals surface area contributed by atoms with Crippen LogP contribution in [0.5, 0.6) is 5.75 Å². The molecule has 0 aliphatic heterocycles.